The molecule has 0 heterocycles. The Morgan fingerprint density at radius 2 is 1.61 bits per heavy atom. The van der Waals surface area contributed by atoms with E-state index in [1.54, 1.807) is 12.1 Å². The minimum Gasteiger partial charge on any atom is -0.388 e. The number of hydrogen-bond donors (Lipinski definition) is 1. The molecule has 0 fully saturated rings. The quantitative estimate of drug-likeness (QED) is 0.654. The van der Waals surface area contributed by atoms with Gasteiger partial charge in [-0.2, -0.15) is 0 Å². The predicted molar refractivity (Wildman–Crippen MR) is 80.2 cm³/mol. The second kappa shape index (κ2) is 6.13. The van der Waals surface area contributed by atoms with E-state index < -0.39 is 13.7 Å². The highest BCUT2D eigenvalue weighted by atomic mass is 35.6. The Kier molecular flexibility index (Phi) is 5.78. The van der Waals surface area contributed by atoms with Crippen molar-refractivity contribution in [1.29, 1.82) is 0 Å². The molecule has 0 amide bonds. The second-order valence-corrected chi connectivity index (χ2v) is 8.28. The lowest BCUT2D eigenvalue weighted by Gasteiger charge is -2.22. The Morgan fingerprint density at radius 3 is 2.00 bits per heavy atom. The number of aliphatic hydroxyl groups is 1. The molecule has 0 bridgehead atoms. The van der Waals surface area contributed by atoms with Crippen LogP contribution in [0.15, 0.2) is 18.2 Å². The summed E-state index contributed by atoms with van der Waals surface area (Å²) >= 11 is 35.0. The molecule has 1 N–H and O–H groups in total. The number of halogens is 6. The summed E-state index contributed by atoms with van der Waals surface area (Å²) in [7, 11) is 0. The van der Waals surface area contributed by atoms with Crippen molar-refractivity contribution in [1.82, 2.24) is 0 Å². The molecule has 0 saturated carbocycles. The fraction of sp³-hybridized carbons (Fsp3) is 0.455. The van der Waals surface area contributed by atoms with Crippen molar-refractivity contribution < 1.29 is 5.11 Å². The third-order valence-electron chi connectivity index (χ3n) is 2.43. The zero-order chi connectivity index (χ0) is 14.1. The van der Waals surface area contributed by atoms with Gasteiger partial charge in [-0.25, -0.2) is 0 Å². The Morgan fingerprint density at radius 1 is 1.06 bits per heavy atom. The van der Waals surface area contributed by atoms with Crippen LogP contribution in [0.3, 0.4) is 0 Å². The smallest absolute Gasteiger partial charge is 0.216 e. The summed E-state index contributed by atoms with van der Waals surface area (Å²) < 4.78 is -3.31. The number of hydrogen-bond acceptors (Lipinski definition) is 1. The first-order chi connectivity index (χ1) is 8.07. The topological polar surface area (TPSA) is 20.2 Å². The van der Waals surface area contributed by atoms with Gasteiger partial charge in [0.25, 0.3) is 0 Å². The van der Waals surface area contributed by atoms with Gasteiger partial charge in [0.15, 0.2) is 0 Å². The maximum absolute atomic E-state index is 9.89. The van der Waals surface area contributed by atoms with Gasteiger partial charge >= 0.3 is 0 Å². The van der Waals surface area contributed by atoms with Crippen LogP contribution in [0, 0.1) is 0 Å². The van der Waals surface area contributed by atoms with Crippen LogP contribution in [-0.4, -0.2) is 5.11 Å². The van der Waals surface area contributed by atoms with Gasteiger partial charge in [0.1, 0.15) is 0 Å². The van der Waals surface area contributed by atoms with E-state index in [2.05, 4.69) is 0 Å². The molecule has 18 heavy (non-hydrogen) atoms. The van der Waals surface area contributed by atoms with Crippen LogP contribution in [0.25, 0.3) is 0 Å². The van der Waals surface area contributed by atoms with Gasteiger partial charge in [-0.15, -0.1) is 0 Å². The molecule has 1 nitrogen and oxygen atoms in total. The first-order valence-corrected chi connectivity index (χ1v) is 7.30. The number of alkyl halides is 6. The minimum absolute atomic E-state index is 0.311. The lowest BCUT2D eigenvalue weighted by Crippen LogP contribution is -2.12. The Labute approximate surface area is 136 Å². The average Bonchev–Trinajstić information content (AvgIpc) is 2.24. The zero-order valence-electron chi connectivity index (χ0n) is 9.23. The van der Waals surface area contributed by atoms with E-state index in [1.165, 1.54) is 6.07 Å². The van der Waals surface area contributed by atoms with Crippen LogP contribution in [-0.2, 0) is 7.59 Å². The zero-order valence-corrected chi connectivity index (χ0v) is 13.8. The van der Waals surface area contributed by atoms with E-state index in [0.29, 0.717) is 23.1 Å². The van der Waals surface area contributed by atoms with Gasteiger partial charge in [-0.3, -0.25) is 0 Å². The van der Waals surface area contributed by atoms with Crippen molar-refractivity contribution >= 4 is 69.6 Å². The van der Waals surface area contributed by atoms with E-state index in [9.17, 15) is 5.11 Å². The predicted octanol–water partition coefficient (Wildman–Crippen LogP) is 5.78. The fourth-order valence-electron chi connectivity index (χ4n) is 1.49. The normalized spacial score (nSPS) is 14.7. The molecular weight excluding hydrogens is 361 g/mol. The molecule has 0 aliphatic heterocycles. The van der Waals surface area contributed by atoms with Gasteiger partial charge in [0.2, 0.25) is 7.59 Å². The highest BCUT2D eigenvalue weighted by Crippen LogP contribution is 2.46. The van der Waals surface area contributed by atoms with Crippen LogP contribution in [0.2, 0.25) is 0 Å². The van der Waals surface area contributed by atoms with E-state index >= 15 is 0 Å². The summed E-state index contributed by atoms with van der Waals surface area (Å²) in [5.41, 5.74) is 1.20. The number of rotatable bonds is 2. The minimum atomic E-state index is -1.70. The lowest BCUT2D eigenvalue weighted by atomic mass is 9.99. The molecule has 0 aromatic heterocycles. The van der Waals surface area contributed by atoms with Crippen LogP contribution in [0.4, 0.5) is 0 Å². The maximum atomic E-state index is 9.89. The van der Waals surface area contributed by atoms with Crippen molar-refractivity contribution in [2.45, 2.75) is 27.0 Å². The molecule has 1 unspecified atom stereocenters. The third-order valence-corrected chi connectivity index (χ3v) is 3.70. The van der Waals surface area contributed by atoms with Crippen molar-refractivity contribution in [2.24, 2.45) is 0 Å². The van der Waals surface area contributed by atoms with Crippen LogP contribution in [0.5, 0.6) is 0 Å². The van der Waals surface area contributed by atoms with Gasteiger partial charge in [0, 0.05) is 11.1 Å². The molecule has 1 atom stereocenters. The summed E-state index contributed by atoms with van der Waals surface area (Å²) in [5, 5.41) is 9.89. The Hall–Kier alpha value is 0.920. The highest BCUT2D eigenvalue weighted by Gasteiger charge is 2.31. The van der Waals surface area contributed by atoms with Gasteiger partial charge < -0.3 is 5.11 Å². The SMILES string of the molecule is CCC(O)c1ccc(C(Cl)(Cl)Cl)cc1C(Cl)(Cl)Cl. The largest absolute Gasteiger partial charge is 0.388 e. The Balaban J connectivity index is 3.40. The standard InChI is InChI=1S/C11H10Cl6O/c1-2-9(18)7-4-3-6(10(12,13)14)5-8(7)11(15,16)17/h3-5,9,18H,2H2,1H3. The molecule has 102 valence electrons. The number of aliphatic hydroxyl groups excluding tert-OH is 1. The van der Waals surface area contributed by atoms with E-state index in [4.69, 9.17) is 69.6 Å². The number of benzene rings is 1. The molecular formula is C11H10Cl6O. The van der Waals surface area contributed by atoms with E-state index in [0.717, 1.165) is 0 Å². The van der Waals surface area contributed by atoms with E-state index in [-0.39, 0.29) is 0 Å². The molecule has 0 saturated heterocycles. The molecule has 1 rings (SSSR count). The summed E-state index contributed by atoms with van der Waals surface area (Å²) in [6, 6.07) is 4.66. The Bertz CT molecular complexity index is 421. The van der Waals surface area contributed by atoms with Crippen LogP contribution >= 0.6 is 69.6 Å². The second-order valence-electron chi connectivity index (χ2n) is 3.72. The van der Waals surface area contributed by atoms with Gasteiger partial charge in [-0.1, -0.05) is 88.7 Å². The van der Waals surface area contributed by atoms with Crippen molar-refractivity contribution in [2.75, 3.05) is 0 Å². The highest BCUT2D eigenvalue weighted by molar-refractivity contribution is 6.67. The molecule has 7 heteroatoms. The summed E-state index contributed by atoms with van der Waals surface area (Å²) in [4.78, 5) is 0. The van der Waals surface area contributed by atoms with Crippen molar-refractivity contribution in [3.8, 4) is 0 Å². The molecule has 0 spiro atoms. The van der Waals surface area contributed by atoms with Gasteiger partial charge in [0.05, 0.1) is 6.10 Å². The van der Waals surface area contributed by atoms with Gasteiger partial charge in [-0.05, 0) is 18.1 Å². The maximum Gasteiger partial charge on any atom is 0.216 e. The van der Waals surface area contributed by atoms with Crippen LogP contribution in [0.1, 0.15) is 36.1 Å². The summed E-state index contributed by atoms with van der Waals surface area (Å²) in [5.74, 6) is 0. The fourth-order valence-corrected chi connectivity index (χ4v) is 2.33. The molecule has 0 aliphatic rings. The van der Waals surface area contributed by atoms with Crippen molar-refractivity contribution in [3.63, 3.8) is 0 Å². The van der Waals surface area contributed by atoms with Crippen LogP contribution < -0.4 is 0 Å². The first kappa shape index (κ1) is 17.0. The van der Waals surface area contributed by atoms with E-state index in [1.807, 2.05) is 6.92 Å². The molecule has 1 aromatic carbocycles. The lowest BCUT2D eigenvalue weighted by molar-refractivity contribution is 0.172. The molecule has 0 aliphatic carbocycles. The first-order valence-electron chi connectivity index (χ1n) is 5.03. The third kappa shape index (κ3) is 4.21. The van der Waals surface area contributed by atoms with Crippen molar-refractivity contribution in [3.05, 3.63) is 34.9 Å². The average molecular weight is 371 g/mol. The summed E-state index contributed by atoms with van der Waals surface area (Å²) in [6.45, 7) is 1.82. The molecule has 1 aromatic rings. The summed E-state index contributed by atoms with van der Waals surface area (Å²) in [6.07, 6.45) is -0.249. The monoisotopic (exact) mass is 368 g/mol. The molecule has 0 radical (unpaired) electrons.